The summed E-state index contributed by atoms with van der Waals surface area (Å²) in [6, 6.07) is 5.62. The SMILES string of the molecule is CCC1CCCCC1Nc1cc(C(N)=O)ccc1N. The summed E-state index contributed by atoms with van der Waals surface area (Å²) in [5.74, 6) is 0.268. The normalized spacial score (nSPS) is 23.0. The number of primary amides is 1. The first-order valence-electron chi connectivity index (χ1n) is 7.07. The molecule has 1 aliphatic carbocycles. The Kier molecular flexibility index (Phi) is 4.30. The van der Waals surface area contributed by atoms with Gasteiger partial charge in [-0.1, -0.05) is 26.2 Å². The van der Waals surface area contributed by atoms with E-state index in [0.717, 1.165) is 5.69 Å². The summed E-state index contributed by atoms with van der Waals surface area (Å²) in [5.41, 5.74) is 13.3. The molecule has 104 valence electrons. The van der Waals surface area contributed by atoms with Crippen LogP contribution in [0.15, 0.2) is 18.2 Å². The highest BCUT2D eigenvalue weighted by atomic mass is 16.1. The van der Waals surface area contributed by atoms with Crippen molar-refractivity contribution in [2.45, 2.75) is 45.1 Å². The average molecular weight is 261 g/mol. The first-order valence-corrected chi connectivity index (χ1v) is 7.07. The maximum Gasteiger partial charge on any atom is 0.248 e. The van der Waals surface area contributed by atoms with E-state index in [2.05, 4.69) is 12.2 Å². The van der Waals surface area contributed by atoms with Gasteiger partial charge in [0.2, 0.25) is 5.91 Å². The van der Waals surface area contributed by atoms with Crippen molar-refractivity contribution < 1.29 is 4.79 Å². The molecule has 1 aromatic carbocycles. The highest BCUT2D eigenvalue weighted by Crippen LogP contribution is 2.31. The highest BCUT2D eigenvalue weighted by Gasteiger charge is 2.24. The molecule has 0 radical (unpaired) electrons. The lowest BCUT2D eigenvalue weighted by molar-refractivity contribution is 0.100. The van der Waals surface area contributed by atoms with Crippen LogP contribution in [0, 0.1) is 5.92 Å². The predicted octanol–water partition coefficient (Wildman–Crippen LogP) is 2.75. The van der Waals surface area contributed by atoms with Crippen molar-refractivity contribution in [3.63, 3.8) is 0 Å². The Labute approximate surface area is 114 Å². The summed E-state index contributed by atoms with van der Waals surface area (Å²) >= 11 is 0. The topological polar surface area (TPSA) is 81.1 Å². The molecule has 2 rings (SSSR count). The van der Waals surface area contributed by atoms with E-state index in [0.29, 0.717) is 23.2 Å². The lowest BCUT2D eigenvalue weighted by atomic mass is 9.82. The predicted molar refractivity (Wildman–Crippen MR) is 79.0 cm³/mol. The van der Waals surface area contributed by atoms with Gasteiger partial charge in [0.25, 0.3) is 0 Å². The molecule has 4 nitrogen and oxygen atoms in total. The van der Waals surface area contributed by atoms with E-state index in [1.54, 1.807) is 18.2 Å². The van der Waals surface area contributed by atoms with Gasteiger partial charge in [0.15, 0.2) is 0 Å². The average Bonchev–Trinajstić information content (AvgIpc) is 2.41. The Balaban J connectivity index is 2.17. The molecule has 1 aliphatic rings. The standard InChI is InChI=1S/C15H23N3O/c1-2-10-5-3-4-6-13(10)18-14-9-11(15(17)19)7-8-12(14)16/h7-10,13,18H,2-6,16H2,1H3,(H2,17,19). The fourth-order valence-corrected chi connectivity index (χ4v) is 2.92. The highest BCUT2D eigenvalue weighted by molar-refractivity contribution is 5.94. The lowest BCUT2D eigenvalue weighted by Crippen LogP contribution is -2.32. The molecule has 5 N–H and O–H groups in total. The first-order chi connectivity index (χ1) is 9.11. The Bertz CT molecular complexity index is 459. The van der Waals surface area contributed by atoms with Gasteiger partial charge in [0.1, 0.15) is 0 Å². The number of amides is 1. The molecule has 19 heavy (non-hydrogen) atoms. The Morgan fingerprint density at radius 3 is 2.79 bits per heavy atom. The smallest absolute Gasteiger partial charge is 0.248 e. The van der Waals surface area contributed by atoms with Gasteiger partial charge in [-0.15, -0.1) is 0 Å². The molecule has 0 aliphatic heterocycles. The molecule has 0 saturated heterocycles. The molecule has 1 amide bonds. The van der Waals surface area contributed by atoms with Crippen molar-refractivity contribution in [3.05, 3.63) is 23.8 Å². The van der Waals surface area contributed by atoms with Gasteiger partial charge >= 0.3 is 0 Å². The number of nitrogens with one attached hydrogen (secondary N) is 1. The largest absolute Gasteiger partial charge is 0.397 e. The van der Waals surface area contributed by atoms with Crippen LogP contribution in [0.4, 0.5) is 11.4 Å². The van der Waals surface area contributed by atoms with Crippen LogP contribution in [-0.2, 0) is 0 Å². The fraction of sp³-hybridized carbons (Fsp3) is 0.533. The number of benzene rings is 1. The molecule has 1 fully saturated rings. The van der Waals surface area contributed by atoms with Crippen LogP contribution in [0.3, 0.4) is 0 Å². The van der Waals surface area contributed by atoms with E-state index in [1.807, 2.05) is 0 Å². The number of hydrogen-bond acceptors (Lipinski definition) is 3. The molecule has 1 saturated carbocycles. The molecular formula is C15H23N3O. The van der Waals surface area contributed by atoms with E-state index >= 15 is 0 Å². The summed E-state index contributed by atoms with van der Waals surface area (Å²) in [4.78, 5) is 11.2. The number of carbonyl (C=O) groups excluding carboxylic acids is 1. The monoisotopic (exact) mass is 261 g/mol. The molecule has 4 heteroatoms. The van der Waals surface area contributed by atoms with E-state index in [4.69, 9.17) is 11.5 Å². The number of carbonyl (C=O) groups is 1. The zero-order chi connectivity index (χ0) is 13.8. The second-order valence-corrected chi connectivity index (χ2v) is 5.37. The van der Waals surface area contributed by atoms with Gasteiger partial charge in [-0.05, 0) is 37.0 Å². The molecule has 2 atom stereocenters. The van der Waals surface area contributed by atoms with Gasteiger partial charge < -0.3 is 16.8 Å². The summed E-state index contributed by atoms with van der Waals surface area (Å²) in [6.45, 7) is 2.23. The quantitative estimate of drug-likeness (QED) is 0.729. The van der Waals surface area contributed by atoms with Crippen molar-refractivity contribution >= 4 is 17.3 Å². The van der Waals surface area contributed by atoms with Crippen molar-refractivity contribution in [2.75, 3.05) is 11.1 Å². The number of hydrogen-bond donors (Lipinski definition) is 3. The van der Waals surface area contributed by atoms with Gasteiger partial charge in [-0.3, -0.25) is 4.79 Å². The van der Waals surface area contributed by atoms with Crippen molar-refractivity contribution in [3.8, 4) is 0 Å². The minimum atomic E-state index is -0.418. The van der Waals surface area contributed by atoms with E-state index < -0.39 is 5.91 Å². The molecule has 1 aromatic rings. The molecule has 0 bridgehead atoms. The van der Waals surface area contributed by atoms with Gasteiger partial charge in [-0.25, -0.2) is 0 Å². The van der Waals surface area contributed by atoms with Crippen LogP contribution in [-0.4, -0.2) is 11.9 Å². The first kappa shape index (κ1) is 13.7. The number of anilines is 2. The maximum absolute atomic E-state index is 11.2. The van der Waals surface area contributed by atoms with Gasteiger partial charge in [0.05, 0.1) is 11.4 Å². The fourth-order valence-electron chi connectivity index (χ4n) is 2.92. The van der Waals surface area contributed by atoms with Crippen LogP contribution in [0.25, 0.3) is 0 Å². The molecule has 2 unspecified atom stereocenters. The zero-order valence-corrected chi connectivity index (χ0v) is 11.5. The zero-order valence-electron chi connectivity index (χ0n) is 11.5. The summed E-state index contributed by atoms with van der Waals surface area (Å²) in [7, 11) is 0. The van der Waals surface area contributed by atoms with Crippen LogP contribution in [0.1, 0.15) is 49.4 Å². The van der Waals surface area contributed by atoms with Crippen LogP contribution < -0.4 is 16.8 Å². The molecular weight excluding hydrogens is 238 g/mol. The van der Waals surface area contributed by atoms with Gasteiger partial charge in [0, 0.05) is 11.6 Å². The minimum absolute atomic E-state index is 0.418. The van der Waals surface area contributed by atoms with Crippen molar-refractivity contribution in [1.82, 2.24) is 0 Å². The third-order valence-corrected chi connectivity index (χ3v) is 4.11. The van der Waals surface area contributed by atoms with Gasteiger partial charge in [-0.2, -0.15) is 0 Å². The van der Waals surface area contributed by atoms with E-state index in [1.165, 1.54) is 32.1 Å². The minimum Gasteiger partial charge on any atom is -0.397 e. The number of rotatable bonds is 4. The summed E-state index contributed by atoms with van der Waals surface area (Å²) in [6.07, 6.45) is 6.17. The number of nitrogens with two attached hydrogens (primary N) is 2. The third-order valence-electron chi connectivity index (χ3n) is 4.11. The van der Waals surface area contributed by atoms with Crippen LogP contribution in [0.5, 0.6) is 0 Å². The second-order valence-electron chi connectivity index (χ2n) is 5.37. The number of nitrogen functional groups attached to an aromatic ring is 1. The van der Waals surface area contributed by atoms with E-state index in [9.17, 15) is 4.79 Å². The third kappa shape index (κ3) is 3.19. The van der Waals surface area contributed by atoms with Crippen molar-refractivity contribution in [2.24, 2.45) is 11.7 Å². The summed E-state index contributed by atoms with van der Waals surface area (Å²) < 4.78 is 0. The maximum atomic E-state index is 11.2. The molecule has 0 spiro atoms. The molecule has 0 heterocycles. The Morgan fingerprint density at radius 2 is 2.11 bits per heavy atom. The van der Waals surface area contributed by atoms with Crippen molar-refractivity contribution in [1.29, 1.82) is 0 Å². The Hall–Kier alpha value is -1.71. The van der Waals surface area contributed by atoms with E-state index in [-0.39, 0.29) is 0 Å². The Morgan fingerprint density at radius 1 is 1.37 bits per heavy atom. The summed E-state index contributed by atoms with van der Waals surface area (Å²) in [5, 5.41) is 3.51. The van der Waals surface area contributed by atoms with Crippen LogP contribution >= 0.6 is 0 Å². The lowest BCUT2D eigenvalue weighted by Gasteiger charge is -2.32. The van der Waals surface area contributed by atoms with Crippen LogP contribution in [0.2, 0.25) is 0 Å². The second kappa shape index (κ2) is 5.95. The molecule has 0 aromatic heterocycles.